The van der Waals surface area contributed by atoms with Crippen molar-refractivity contribution in [2.24, 2.45) is 11.1 Å². The van der Waals surface area contributed by atoms with Crippen LogP contribution in [0.25, 0.3) is 0 Å². The zero-order chi connectivity index (χ0) is 15.1. The Morgan fingerprint density at radius 2 is 1.67 bits per heavy atom. The van der Waals surface area contributed by atoms with Gasteiger partial charge in [-0.25, -0.2) is 0 Å². The van der Waals surface area contributed by atoms with Crippen LogP contribution in [-0.2, 0) is 4.79 Å². The summed E-state index contributed by atoms with van der Waals surface area (Å²) < 4.78 is 0. The van der Waals surface area contributed by atoms with Crippen molar-refractivity contribution in [3.05, 3.63) is 0 Å². The first-order valence-corrected chi connectivity index (χ1v) is 7.50. The van der Waals surface area contributed by atoms with Crippen molar-refractivity contribution in [3.8, 4) is 0 Å². The number of halogens is 2. The van der Waals surface area contributed by atoms with Crippen molar-refractivity contribution < 1.29 is 4.79 Å². The molecule has 0 bridgehead atoms. The molecule has 0 fully saturated rings. The molecule has 0 aromatic heterocycles. The van der Waals surface area contributed by atoms with Crippen LogP contribution in [-0.4, -0.2) is 42.5 Å². The SMILES string of the molecule is CCN(CC)CCCC(C)NC(=O)[C@@H](N)C(C)(C)C.Cl.Cl. The van der Waals surface area contributed by atoms with Crippen molar-refractivity contribution in [1.82, 2.24) is 10.2 Å². The Bertz CT molecular complexity index is 266. The fraction of sp³-hybridized carbons (Fsp3) is 0.933. The molecule has 0 saturated heterocycles. The third-order valence-electron chi connectivity index (χ3n) is 3.61. The van der Waals surface area contributed by atoms with E-state index in [1.54, 1.807) is 0 Å². The highest BCUT2D eigenvalue weighted by Crippen LogP contribution is 2.17. The van der Waals surface area contributed by atoms with Gasteiger partial charge in [0.05, 0.1) is 6.04 Å². The molecule has 0 rings (SSSR count). The summed E-state index contributed by atoms with van der Waals surface area (Å²) in [6.07, 6.45) is 2.10. The summed E-state index contributed by atoms with van der Waals surface area (Å²) in [5.41, 5.74) is 5.75. The number of hydrogen-bond acceptors (Lipinski definition) is 3. The second-order valence-electron chi connectivity index (χ2n) is 6.42. The van der Waals surface area contributed by atoms with Gasteiger partial charge in [-0.3, -0.25) is 4.79 Å². The second-order valence-corrected chi connectivity index (χ2v) is 6.42. The maximum atomic E-state index is 12.0. The third-order valence-corrected chi connectivity index (χ3v) is 3.61. The molecule has 21 heavy (non-hydrogen) atoms. The van der Waals surface area contributed by atoms with E-state index in [-0.39, 0.29) is 42.2 Å². The molecule has 0 aliphatic rings. The van der Waals surface area contributed by atoms with Crippen LogP contribution in [0.15, 0.2) is 0 Å². The first-order valence-electron chi connectivity index (χ1n) is 7.50. The number of nitrogens with zero attached hydrogens (tertiary/aromatic N) is 1. The number of nitrogens with one attached hydrogen (secondary N) is 1. The van der Waals surface area contributed by atoms with Gasteiger partial charge in [0.15, 0.2) is 0 Å². The van der Waals surface area contributed by atoms with Crippen LogP contribution in [0.4, 0.5) is 0 Å². The Morgan fingerprint density at radius 1 is 1.19 bits per heavy atom. The molecule has 1 amide bonds. The predicted octanol–water partition coefficient (Wildman–Crippen LogP) is 2.83. The monoisotopic (exact) mass is 343 g/mol. The Balaban J connectivity index is -0.00000162. The van der Waals surface area contributed by atoms with Gasteiger partial charge in [-0.15, -0.1) is 24.8 Å². The van der Waals surface area contributed by atoms with E-state index >= 15 is 0 Å². The lowest BCUT2D eigenvalue weighted by molar-refractivity contribution is -0.125. The van der Waals surface area contributed by atoms with Gasteiger partial charge in [0.1, 0.15) is 0 Å². The quantitative estimate of drug-likeness (QED) is 0.712. The average molecular weight is 344 g/mol. The minimum Gasteiger partial charge on any atom is -0.352 e. The summed E-state index contributed by atoms with van der Waals surface area (Å²) in [5.74, 6) is -0.0390. The Hall–Kier alpha value is -0.0300. The van der Waals surface area contributed by atoms with Crippen LogP contribution in [0.5, 0.6) is 0 Å². The lowest BCUT2D eigenvalue weighted by Gasteiger charge is -2.27. The summed E-state index contributed by atoms with van der Waals surface area (Å²) in [7, 11) is 0. The van der Waals surface area contributed by atoms with E-state index < -0.39 is 6.04 Å². The topological polar surface area (TPSA) is 58.4 Å². The van der Waals surface area contributed by atoms with Crippen LogP contribution in [0.3, 0.4) is 0 Å². The number of nitrogens with two attached hydrogens (primary N) is 1. The van der Waals surface area contributed by atoms with Crippen LogP contribution >= 0.6 is 24.8 Å². The minimum atomic E-state index is -0.447. The van der Waals surface area contributed by atoms with E-state index in [0.29, 0.717) is 0 Å². The van der Waals surface area contributed by atoms with E-state index in [4.69, 9.17) is 5.73 Å². The summed E-state index contributed by atoms with van der Waals surface area (Å²) in [6, 6.07) is -0.255. The largest absolute Gasteiger partial charge is 0.352 e. The van der Waals surface area contributed by atoms with Crippen LogP contribution in [0, 0.1) is 5.41 Å². The first-order chi connectivity index (χ1) is 8.72. The summed E-state index contributed by atoms with van der Waals surface area (Å²) in [5, 5.41) is 3.01. The van der Waals surface area contributed by atoms with E-state index in [1.165, 1.54) is 0 Å². The number of carbonyl (C=O) groups is 1. The number of hydrogen-bond donors (Lipinski definition) is 2. The predicted molar refractivity (Wildman–Crippen MR) is 96.6 cm³/mol. The van der Waals surface area contributed by atoms with Gasteiger partial charge in [-0.05, 0) is 44.8 Å². The Kier molecular flexibility index (Phi) is 15.4. The zero-order valence-corrected chi connectivity index (χ0v) is 16.1. The van der Waals surface area contributed by atoms with Gasteiger partial charge >= 0.3 is 0 Å². The van der Waals surface area contributed by atoms with Crippen LogP contribution in [0.2, 0.25) is 0 Å². The molecule has 0 aliphatic carbocycles. The normalized spacial score (nSPS) is 13.9. The highest BCUT2D eigenvalue weighted by Gasteiger charge is 2.27. The first kappa shape index (κ1) is 25.9. The van der Waals surface area contributed by atoms with Gasteiger partial charge in [0.25, 0.3) is 0 Å². The highest BCUT2D eigenvalue weighted by atomic mass is 35.5. The Morgan fingerprint density at radius 3 is 2.05 bits per heavy atom. The van der Waals surface area contributed by atoms with Gasteiger partial charge in [0.2, 0.25) is 5.91 Å². The third kappa shape index (κ3) is 11.2. The molecule has 0 spiro atoms. The molecule has 0 radical (unpaired) electrons. The standard InChI is InChI=1S/C15H33N3O.2ClH/c1-7-18(8-2)11-9-10-12(3)17-14(19)13(16)15(4,5)6;;/h12-13H,7-11,16H2,1-6H3,(H,17,19);2*1H/t12?,13-;;/m1../s1. The second kappa shape index (κ2) is 12.5. The molecule has 0 aliphatic heterocycles. The maximum absolute atomic E-state index is 12.0. The van der Waals surface area contributed by atoms with Gasteiger partial charge < -0.3 is 16.0 Å². The Labute approximate surface area is 143 Å². The average Bonchev–Trinajstić information content (AvgIpc) is 2.32. The lowest BCUT2D eigenvalue weighted by atomic mass is 9.87. The molecule has 1 unspecified atom stereocenters. The van der Waals surface area contributed by atoms with Crippen molar-refractivity contribution in [2.75, 3.05) is 19.6 Å². The molecular formula is C15H35Cl2N3O. The molecule has 0 aromatic rings. The fourth-order valence-electron chi connectivity index (χ4n) is 1.96. The number of carbonyl (C=O) groups excluding carboxylic acids is 1. The molecule has 6 heteroatoms. The molecule has 3 N–H and O–H groups in total. The minimum absolute atomic E-state index is 0. The summed E-state index contributed by atoms with van der Waals surface area (Å²) in [4.78, 5) is 14.4. The summed E-state index contributed by atoms with van der Waals surface area (Å²) in [6.45, 7) is 15.6. The molecule has 4 nitrogen and oxygen atoms in total. The maximum Gasteiger partial charge on any atom is 0.237 e. The number of amides is 1. The van der Waals surface area contributed by atoms with Crippen molar-refractivity contribution >= 4 is 30.7 Å². The summed E-state index contributed by atoms with van der Waals surface area (Å²) >= 11 is 0. The van der Waals surface area contributed by atoms with Crippen molar-refractivity contribution in [2.45, 2.75) is 66.5 Å². The van der Waals surface area contributed by atoms with Gasteiger partial charge in [-0.1, -0.05) is 34.6 Å². The van der Waals surface area contributed by atoms with Crippen molar-refractivity contribution in [1.29, 1.82) is 0 Å². The van der Waals surface area contributed by atoms with E-state index in [1.807, 2.05) is 20.8 Å². The van der Waals surface area contributed by atoms with Gasteiger partial charge in [-0.2, -0.15) is 0 Å². The van der Waals surface area contributed by atoms with Crippen molar-refractivity contribution in [3.63, 3.8) is 0 Å². The lowest BCUT2D eigenvalue weighted by Crippen LogP contribution is -2.50. The van der Waals surface area contributed by atoms with Gasteiger partial charge in [0, 0.05) is 6.04 Å². The molecule has 130 valence electrons. The molecule has 0 heterocycles. The molecule has 0 aromatic carbocycles. The fourth-order valence-corrected chi connectivity index (χ4v) is 1.96. The highest BCUT2D eigenvalue weighted by molar-refractivity contribution is 5.85. The molecular weight excluding hydrogens is 309 g/mol. The molecule has 2 atom stereocenters. The molecule has 0 saturated carbocycles. The van der Waals surface area contributed by atoms with E-state index in [9.17, 15) is 4.79 Å². The van der Waals surface area contributed by atoms with E-state index in [2.05, 4.69) is 31.0 Å². The zero-order valence-electron chi connectivity index (χ0n) is 14.4. The number of rotatable bonds is 8. The van der Waals surface area contributed by atoms with E-state index in [0.717, 1.165) is 32.5 Å². The smallest absolute Gasteiger partial charge is 0.237 e. The van der Waals surface area contributed by atoms with Crippen LogP contribution in [0.1, 0.15) is 54.4 Å². The van der Waals surface area contributed by atoms with Crippen LogP contribution < -0.4 is 11.1 Å².